The van der Waals surface area contributed by atoms with Gasteiger partial charge in [0.05, 0.1) is 5.52 Å². The molecule has 0 unspecified atom stereocenters. The fourth-order valence-corrected chi connectivity index (χ4v) is 3.46. The number of nitrogens with zero attached hydrogens (tertiary/aromatic N) is 3. The number of H-pyrrole nitrogens is 1. The van der Waals surface area contributed by atoms with Gasteiger partial charge < -0.3 is 14.9 Å². The molecule has 21 heavy (non-hydrogen) atoms. The van der Waals surface area contributed by atoms with E-state index in [1.165, 1.54) is 0 Å². The third-order valence-electron chi connectivity index (χ3n) is 4.66. The van der Waals surface area contributed by atoms with Crippen molar-refractivity contribution in [2.75, 3.05) is 26.2 Å². The first-order chi connectivity index (χ1) is 10.2. The van der Waals surface area contributed by atoms with Crippen LogP contribution in [-0.4, -0.2) is 63.2 Å². The van der Waals surface area contributed by atoms with E-state index >= 15 is 0 Å². The summed E-state index contributed by atoms with van der Waals surface area (Å²) in [7, 11) is 0. The molecule has 1 amide bonds. The van der Waals surface area contributed by atoms with Gasteiger partial charge in [-0.05, 0) is 25.0 Å². The summed E-state index contributed by atoms with van der Waals surface area (Å²) in [6.07, 6.45) is 2.10. The van der Waals surface area contributed by atoms with Gasteiger partial charge >= 0.3 is 0 Å². The number of fused-ring (bicyclic) bond motifs is 5. The van der Waals surface area contributed by atoms with Gasteiger partial charge in [0.25, 0.3) is 5.91 Å². The first-order valence-corrected chi connectivity index (χ1v) is 7.43. The summed E-state index contributed by atoms with van der Waals surface area (Å²) in [4.78, 5) is 17.3. The fourth-order valence-electron chi connectivity index (χ4n) is 3.46. The van der Waals surface area contributed by atoms with Crippen LogP contribution in [0.4, 0.5) is 0 Å². The van der Waals surface area contributed by atoms with Gasteiger partial charge in [0, 0.05) is 43.7 Å². The Bertz CT molecular complexity index is 688. The highest BCUT2D eigenvalue weighted by Crippen LogP contribution is 2.26. The Morgan fingerprint density at radius 1 is 1.24 bits per heavy atom. The predicted molar refractivity (Wildman–Crippen MR) is 78.3 cm³/mol. The van der Waals surface area contributed by atoms with Gasteiger partial charge in [0.15, 0.2) is 5.69 Å². The summed E-state index contributed by atoms with van der Waals surface area (Å²) in [6, 6.07) is 5.27. The van der Waals surface area contributed by atoms with Gasteiger partial charge in [-0.25, -0.2) is 0 Å². The Kier molecular flexibility index (Phi) is 2.85. The third kappa shape index (κ3) is 2.06. The van der Waals surface area contributed by atoms with Gasteiger partial charge in [-0.2, -0.15) is 5.10 Å². The Labute approximate surface area is 122 Å². The number of amides is 1. The van der Waals surface area contributed by atoms with Crippen LogP contribution >= 0.6 is 0 Å². The van der Waals surface area contributed by atoms with E-state index in [-0.39, 0.29) is 11.7 Å². The lowest BCUT2D eigenvalue weighted by Gasteiger charge is -2.31. The maximum atomic E-state index is 12.9. The van der Waals surface area contributed by atoms with Crippen LogP contribution in [0, 0.1) is 0 Å². The second-order valence-corrected chi connectivity index (χ2v) is 5.87. The molecule has 5 rings (SSSR count). The molecule has 1 aromatic heterocycles. The Hall–Kier alpha value is -2.08. The maximum Gasteiger partial charge on any atom is 0.275 e. The number of phenolic OH excluding ortho intramolecular Hbond substituents is 1. The minimum absolute atomic E-state index is 0.000639. The highest BCUT2D eigenvalue weighted by Gasteiger charge is 2.33. The largest absolute Gasteiger partial charge is 0.508 e. The number of rotatable bonds is 1. The molecule has 3 saturated heterocycles. The molecule has 0 atom stereocenters. The maximum absolute atomic E-state index is 12.9. The van der Waals surface area contributed by atoms with Crippen molar-refractivity contribution in [2.24, 2.45) is 0 Å². The zero-order chi connectivity index (χ0) is 14.4. The van der Waals surface area contributed by atoms with Crippen molar-refractivity contribution in [2.45, 2.75) is 18.9 Å². The van der Waals surface area contributed by atoms with E-state index in [1.807, 2.05) is 4.90 Å². The molecule has 0 spiro atoms. The summed E-state index contributed by atoms with van der Waals surface area (Å²) in [5, 5.41) is 17.3. The van der Waals surface area contributed by atoms with E-state index in [4.69, 9.17) is 0 Å². The molecule has 0 aliphatic carbocycles. The number of carbonyl (C=O) groups excluding carboxylic acids is 1. The highest BCUT2D eigenvalue weighted by molar-refractivity contribution is 6.05. The molecule has 0 saturated carbocycles. The van der Waals surface area contributed by atoms with Crippen LogP contribution in [-0.2, 0) is 0 Å². The van der Waals surface area contributed by atoms with E-state index in [0.717, 1.165) is 44.4 Å². The number of aromatic nitrogens is 2. The van der Waals surface area contributed by atoms with Crippen molar-refractivity contribution < 1.29 is 9.90 Å². The van der Waals surface area contributed by atoms with E-state index in [1.54, 1.807) is 18.2 Å². The molecule has 3 aliphatic rings. The Morgan fingerprint density at radius 3 is 2.86 bits per heavy atom. The van der Waals surface area contributed by atoms with Crippen LogP contribution in [0.5, 0.6) is 5.75 Å². The van der Waals surface area contributed by atoms with E-state index in [0.29, 0.717) is 17.3 Å². The Balaban J connectivity index is 1.69. The number of aromatic hydroxyl groups is 1. The second-order valence-electron chi connectivity index (χ2n) is 5.87. The molecule has 3 aliphatic heterocycles. The average molecular weight is 286 g/mol. The Morgan fingerprint density at radius 2 is 2.05 bits per heavy atom. The minimum atomic E-state index is 0.000639. The van der Waals surface area contributed by atoms with E-state index in [9.17, 15) is 9.90 Å². The zero-order valence-corrected chi connectivity index (χ0v) is 11.7. The SMILES string of the molecule is O=C(c1n[nH]c2cc(O)ccc12)N1CCN2CCC1CC2. The molecule has 1 aromatic carbocycles. The second kappa shape index (κ2) is 4.73. The fraction of sp³-hybridized carbons (Fsp3) is 0.467. The number of phenols is 1. The van der Waals surface area contributed by atoms with Crippen LogP contribution in [0.3, 0.4) is 0 Å². The standard InChI is InChI=1S/C15H18N4O2/c20-11-1-2-12-13(9-11)16-17-14(12)15(21)19-8-7-18-5-3-10(19)4-6-18/h1-2,9-10,20H,3-8H2,(H,16,17). The smallest absolute Gasteiger partial charge is 0.275 e. The number of nitrogens with one attached hydrogen (secondary N) is 1. The monoisotopic (exact) mass is 286 g/mol. The lowest BCUT2D eigenvalue weighted by Crippen LogP contribution is -2.41. The molecular formula is C15H18N4O2. The van der Waals surface area contributed by atoms with Crippen molar-refractivity contribution in [3.05, 3.63) is 23.9 Å². The lowest BCUT2D eigenvalue weighted by molar-refractivity contribution is 0.0681. The summed E-state index contributed by atoms with van der Waals surface area (Å²) < 4.78 is 0. The lowest BCUT2D eigenvalue weighted by atomic mass is 10.0. The number of hydrogen-bond donors (Lipinski definition) is 2. The number of aromatic amines is 1. The number of hydrogen-bond acceptors (Lipinski definition) is 4. The quantitative estimate of drug-likeness (QED) is 0.826. The zero-order valence-electron chi connectivity index (χ0n) is 11.7. The molecule has 3 fully saturated rings. The molecule has 4 heterocycles. The molecule has 110 valence electrons. The van der Waals surface area contributed by atoms with Crippen LogP contribution in [0.25, 0.3) is 10.9 Å². The van der Waals surface area contributed by atoms with Gasteiger partial charge in [0.1, 0.15) is 5.75 Å². The van der Waals surface area contributed by atoms with E-state index < -0.39 is 0 Å². The number of benzene rings is 1. The topological polar surface area (TPSA) is 72.5 Å². The normalized spacial score (nSPS) is 25.2. The third-order valence-corrected chi connectivity index (χ3v) is 4.66. The van der Waals surface area contributed by atoms with Gasteiger partial charge in [-0.1, -0.05) is 0 Å². The van der Waals surface area contributed by atoms with Crippen LogP contribution in [0.15, 0.2) is 18.2 Å². The van der Waals surface area contributed by atoms with Gasteiger partial charge in [-0.15, -0.1) is 0 Å². The summed E-state index contributed by atoms with van der Waals surface area (Å²) >= 11 is 0. The molecule has 2 aromatic rings. The van der Waals surface area contributed by atoms with Crippen molar-refractivity contribution in [1.29, 1.82) is 0 Å². The summed E-state index contributed by atoms with van der Waals surface area (Å²) in [5.74, 6) is 0.173. The molecule has 2 bridgehead atoms. The molecule has 0 radical (unpaired) electrons. The first-order valence-electron chi connectivity index (χ1n) is 7.43. The van der Waals surface area contributed by atoms with Crippen molar-refractivity contribution in [1.82, 2.24) is 20.0 Å². The molecular weight excluding hydrogens is 268 g/mol. The number of piperidine rings is 1. The molecule has 6 heteroatoms. The highest BCUT2D eigenvalue weighted by atomic mass is 16.3. The summed E-state index contributed by atoms with van der Waals surface area (Å²) in [5.41, 5.74) is 1.16. The predicted octanol–water partition coefficient (Wildman–Crippen LogP) is 1.19. The van der Waals surface area contributed by atoms with Crippen molar-refractivity contribution >= 4 is 16.8 Å². The van der Waals surface area contributed by atoms with Crippen LogP contribution < -0.4 is 0 Å². The van der Waals surface area contributed by atoms with E-state index in [2.05, 4.69) is 15.1 Å². The van der Waals surface area contributed by atoms with Crippen molar-refractivity contribution in [3.63, 3.8) is 0 Å². The first kappa shape index (κ1) is 12.6. The van der Waals surface area contributed by atoms with Gasteiger partial charge in [0.2, 0.25) is 0 Å². The van der Waals surface area contributed by atoms with Crippen LogP contribution in [0.2, 0.25) is 0 Å². The van der Waals surface area contributed by atoms with Gasteiger partial charge in [-0.3, -0.25) is 9.89 Å². The van der Waals surface area contributed by atoms with Crippen molar-refractivity contribution in [3.8, 4) is 5.75 Å². The molecule has 6 nitrogen and oxygen atoms in total. The minimum Gasteiger partial charge on any atom is -0.508 e. The average Bonchev–Trinajstić information content (AvgIpc) is 2.68. The van der Waals surface area contributed by atoms with Crippen LogP contribution in [0.1, 0.15) is 23.3 Å². The summed E-state index contributed by atoms with van der Waals surface area (Å²) in [6.45, 7) is 3.90. The molecule has 2 N–H and O–H groups in total. The number of carbonyl (C=O) groups is 1.